The molecule has 0 atom stereocenters. The lowest BCUT2D eigenvalue weighted by molar-refractivity contribution is 0.566. The van der Waals surface area contributed by atoms with E-state index in [-0.39, 0.29) is 11.5 Å². The Bertz CT molecular complexity index is 386. The summed E-state index contributed by atoms with van der Waals surface area (Å²) in [6, 6.07) is 0. The predicted molar refractivity (Wildman–Crippen MR) is 61.5 cm³/mol. The molecule has 5 nitrogen and oxygen atoms in total. The minimum absolute atomic E-state index is 0.149. The van der Waals surface area contributed by atoms with Crippen LogP contribution in [0.1, 0.15) is 38.3 Å². The first-order chi connectivity index (χ1) is 7.15. The molecule has 1 rings (SSSR count). The Balaban J connectivity index is 3.22. The van der Waals surface area contributed by atoms with Gasteiger partial charge in [0.1, 0.15) is 5.69 Å². The maximum atomic E-state index is 11.8. The normalized spacial score (nSPS) is 10.9. The Morgan fingerprint density at radius 2 is 2.00 bits per heavy atom. The van der Waals surface area contributed by atoms with Crippen LogP contribution in [0.2, 0.25) is 0 Å². The highest BCUT2D eigenvalue weighted by atomic mass is 32.2. The molecule has 0 saturated carbocycles. The van der Waals surface area contributed by atoms with Crippen LogP contribution in [0, 0.1) is 0 Å². The minimum atomic E-state index is -0.233. The lowest BCUT2D eigenvalue weighted by atomic mass is 10.0. The second-order valence-electron chi connectivity index (χ2n) is 3.26. The molecule has 6 heteroatoms. The van der Waals surface area contributed by atoms with E-state index in [1.165, 1.54) is 11.8 Å². The van der Waals surface area contributed by atoms with Crippen molar-refractivity contribution < 1.29 is 0 Å². The molecule has 0 fully saturated rings. The third kappa shape index (κ3) is 2.31. The molecule has 0 aromatic carbocycles. The van der Waals surface area contributed by atoms with Crippen molar-refractivity contribution >= 4 is 11.8 Å². The van der Waals surface area contributed by atoms with Crippen molar-refractivity contribution in [2.45, 2.75) is 37.8 Å². The van der Waals surface area contributed by atoms with Gasteiger partial charge >= 0.3 is 0 Å². The van der Waals surface area contributed by atoms with Crippen molar-refractivity contribution in [2.24, 2.45) is 0 Å². The number of aromatic nitrogens is 3. The summed E-state index contributed by atoms with van der Waals surface area (Å²) in [5.74, 6) is 5.77. The summed E-state index contributed by atoms with van der Waals surface area (Å²) >= 11 is 1.31. The van der Waals surface area contributed by atoms with Gasteiger partial charge in [0.2, 0.25) is 5.16 Å². The minimum Gasteiger partial charge on any atom is -0.334 e. The van der Waals surface area contributed by atoms with Gasteiger partial charge < -0.3 is 5.84 Å². The van der Waals surface area contributed by atoms with Crippen LogP contribution in [-0.2, 0) is 0 Å². The molecule has 0 radical (unpaired) electrons. The Kier molecular flexibility index (Phi) is 4.14. The van der Waals surface area contributed by atoms with E-state index in [0.717, 1.165) is 17.5 Å². The van der Waals surface area contributed by atoms with Crippen LogP contribution in [0.4, 0.5) is 0 Å². The van der Waals surface area contributed by atoms with Gasteiger partial charge in [-0.2, -0.15) is 4.68 Å². The molecule has 0 saturated heterocycles. The fourth-order valence-corrected chi connectivity index (χ4v) is 1.87. The lowest BCUT2D eigenvalue weighted by Crippen LogP contribution is -2.34. The molecule has 1 heterocycles. The molecule has 0 bridgehead atoms. The number of rotatable bonds is 4. The molecule has 0 amide bonds. The highest BCUT2D eigenvalue weighted by Crippen LogP contribution is 2.17. The van der Waals surface area contributed by atoms with Crippen LogP contribution in [0.25, 0.3) is 0 Å². The molecular weight excluding hydrogens is 212 g/mol. The maximum Gasteiger partial charge on any atom is 0.294 e. The molecule has 0 spiro atoms. The summed E-state index contributed by atoms with van der Waals surface area (Å²) in [4.78, 5) is 11.8. The van der Waals surface area contributed by atoms with E-state index in [1.807, 2.05) is 20.1 Å². The zero-order valence-corrected chi connectivity index (χ0v) is 10.0. The first kappa shape index (κ1) is 12.0. The second-order valence-corrected chi connectivity index (χ2v) is 4.03. The standard InChI is InChI=1S/C9H16N4OS/c1-4-6(5-2)7-8(14)13(10)9(15-3)12-11-7/h6H,4-5,10H2,1-3H3. The van der Waals surface area contributed by atoms with E-state index >= 15 is 0 Å². The summed E-state index contributed by atoms with van der Waals surface area (Å²) in [6.45, 7) is 4.05. The highest BCUT2D eigenvalue weighted by molar-refractivity contribution is 7.98. The number of hydrogen-bond donors (Lipinski definition) is 1. The van der Waals surface area contributed by atoms with Crippen molar-refractivity contribution in [3.8, 4) is 0 Å². The average Bonchev–Trinajstić information content (AvgIpc) is 2.26. The van der Waals surface area contributed by atoms with Gasteiger partial charge in [0.25, 0.3) is 5.56 Å². The van der Waals surface area contributed by atoms with Gasteiger partial charge in [-0.3, -0.25) is 4.79 Å². The SMILES string of the molecule is CCC(CC)c1nnc(SC)n(N)c1=O. The molecule has 0 aliphatic carbocycles. The summed E-state index contributed by atoms with van der Waals surface area (Å²) in [7, 11) is 0. The van der Waals surface area contributed by atoms with Crippen LogP contribution < -0.4 is 11.4 Å². The zero-order valence-electron chi connectivity index (χ0n) is 9.23. The third-order valence-corrected chi connectivity index (χ3v) is 3.09. The first-order valence-corrected chi connectivity index (χ1v) is 6.16. The molecule has 15 heavy (non-hydrogen) atoms. The maximum absolute atomic E-state index is 11.8. The van der Waals surface area contributed by atoms with Crippen LogP contribution in [0.3, 0.4) is 0 Å². The summed E-state index contributed by atoms with van der Waals surface area (Å²) < 4.78 is 1.07. The molecule has 2 N–H and O–H groups in total. The Morgan fingerprint density at radius 3 is 2.47 bits per heavy atom. The van der Waals surface area contributed by atoms with E-state index in [4.69, 9.17) is 5.84 Å². The topological polar surface area (TPSA) is 73.8 Å². The Labute approximate surface area is 93.1 Å². The number of nitrogens with two attached hydrogens (primary N) is 1. The first-order valence-electron chi connectivity index (χ1n) is 4.94. The van der Waals surface area contributed by atoms with Crippen molar-refractivity contribution in [1.82, 2.24) is 14.9 Å². The van der Waals surface area contributed by atoms with Crippen molar-refractivity contribution in [2.75, 3.05) is 12.1 Å². The van der Waals surface area contributed by atoms with Gasteiger partial charge in [0.05, 0.1) is 0 Å². The van der Waals surface area contributed by atoms with Crippen molar-refractivity contribution in [3.63, 3.8) is 0 Å². The van der Waals surface area contributed by atoms with Gasteiger partial charge in [-0.25, -0.2) is 0 Å². The van der Waals surface area contributed by atoms with Crippen LogP contribution in [0.15, 0.2) is 9.95 Å². The third-order valence-electron chi connectivity index (χ3n) is 2.44. The summed E-state index contributed by atoms with van der Waals surface area (Å²) in [5.41, 5.74) is 0.239. The van der Waals surface area contributed by atoms with Gasteiger partial charge in [-0.1, -0.05) is 25.6 Å². The zero-order chi connectivity index (χ0) is 11.4. The molecular formula is C9H16N4OS. The summed E-state index contributed by atoms with van der Waals surface area (Å²) in [5, 5.41) is 8.33. The molecule has 1 aromatic rings. The molecule has 0 aliphatic heterocycles. The largest absolute Gasteiger partial charge is 0.334 e. The molecule has 84 valence electrons. The van der Waals surface area contributed by atoms with Crippen LogP contribution >= 0.6 is 11.8 Å². The van der Waals surface area contributed by atoms with Crippen LogP contribution in [-0.4, -0.2) is 21.1 Å². The van der Waals surface area contributed by atoms with Crippen LogP contribution in [0.5, 0.6) is 0 Å². The van der Waals surface area contributed by atoms with Gasteiger partial charge in [-0.15, -0.1) is 10.2 Å². The van der Waals surface area contributed by atoms with Gasteiger partial charge in [-0.05, 0) is 19.1 Å². The molecule has 0 unspecified atom stereocenters. The van der Waals surface area contributed by atoms with Crippen molar-refractivity contribution in [3.05, 3.63) is 16.0 Å². The number of thioether (sulfide) groups is 1. The number of hydrogen-bond acceptors (Lipinski definition) is 5. The fraction of sp³-hybridized carbons (Fsp3) is 0.667. The smallest absolute Gasteiger partial charge is 0.294 e. The Hall–Kier alpha value is -1.04. The van der Waals surface area contributed by atoms with E-state index in [1.54, 1.807) is 0 Å². The Morgan fingerprint density at radius 1 is 1.40 bits per heavy atom. The second kappa shape index (κ2) is 5.16. The molecule has 0 aliphatic rings. The van der Waals surface area contributed by atoms with E-state index < -0.39 is 0 Å². The average molecular weight is 228 g/mol. The predicted octanol–water partition coefficient (Wildman–Crippen LogP) is 0.978. The van der Waals surface area contributed by atoms with Gasteiger partial charge in [0.15, 0.2) is 0 Å². The van der Waals surface area contributed by atoms with E-state index in [9.17, 15) is 4.79 Å². The van der Waals surface area contributed by atoms with E-state index in [2.05, 4.69) is 10.2 Å². The van der Waals surface area contributed by atoms with Crippen molar-refractivity contribution in [1.29, 1.82) is 0 Å². The highest BCUT2D eigenvalue weighted by Gasteiger charge is 2.16. The number of nitrogens with zero attached hydrogens (tertiary/aromatic N) is 3. The monoisotopic (exact) mass is 228 g/mol. The van der Waals surface area contributed by atoms with Gasteiger partial charge in [0, 0.05) is 5.92 Å². The quantitative estimate of drug-likeness (QED) is 0.614. The molecule has 1 aromatic heterocycles. The van der Waals surface area contributed by atoms with E-state index in [0.29, 0.717) is 10.9 Å². The summed E-state index contributed by atoms with van der Waals surface area (Å²) in [6.07, 6.45) is 3.56. The fourth-order valence-electron chi connectivity index (χ4n) is 1.47. The number of nitrogen functional groups attached to an aromatic ring is 1. The lowest BCUT2D eigenvalue weighted by Gasteiger charge is -2.11.